The Hall–Kier alpha value is -2.56. The van der Waals surface area contributed by atoms with Gasteiger partial charge < -0.3 is 15.4 Å². The SMILES string of the molecule is Cc1ccc(CNC(=O)C2CNc3ccccc3O2)cn1. The van der Waals surface area contributed by atoms with Crippen molar-refractivity contribution in [3.63, 3.8) is 0 Å². The van der Waals surface area contributed by atoms with E-state index in [1.165, 1.54) is 0 Å². The maximum Gasteiger partial charge on any atom is 0.263 e. The third-order valence-electron chi connectivity index (χ3n) is 3.37. The third kappa shape index (κ3) is 3.13. The van der Waals surface area contributed by atoms with Gasteiger partial charge in [-0.05, 0) is 30.7 Å². The fraction of sp³-hybridized carbons (Fsp3) is 0.250. The lowest BCUT2D eigenvalue weighted by atomic mass is 10.2. The van der Waals surface area contributed by atoms with Crippen molar-refractivity contribution in [1.82, 2.24) is 10.3 Å². The maximum absolute atomic E-state index is 12.2. The van der Waals surface area contributed by atoms with Gasteiger partial charge in [0.1, 0.15) is 5.75 Å². The first kappa shape index (κ1) is 13.4. The van der Waals surface area contributed by atoms with Crippen LogP contribution in [0, 0.1) is 6.92 Å². The molecule has 1 aromatic carbocycles. The Bertz CT molecular complexity index is 640. The summed E-state index contributed by atoms with van der Waals surface area (Å²) in [5.74, 6) is 0.582. The van der Waals surface area contributed by atoms with E-state index in [0.29, 0.717) is 18.8 Å². The molecular formula is C16H17N3O2. The molecule has 1 atom stereocenters. The normalized spacial score (nSPS) is 16.3. The van der Waals surface area contributed by atoms with Gasteiger partial charge in [-0.25, -0.2) is 0 Å². The highest BCUT2D eigenvalue weighted by Gasteiger charge is 2.25. The summed E-state index contributed by atoms with van der Waals surface area (Å²) in [7, 11) is 0. The predicted molar refractivity (Wildman–Crippen MR) is 80.2 cm³/mol. The number of ether oxygens (including phenoxy) is 1. The Morgan fingerprint density at radius 2 is 2.24 bits per heavy atom. The lowest BCUT2D eigenvalue weighted by Gasteiger charge is -2.26. The number of rotatable bonds is 3. The zero-order valence-electron chi connectivity index (χ0n) is 11.8. The molecule has 1 unspecified atom stereocenters. The average molecular weight is 283 g/mol. The molecule has 2 aromatic rings. The van der Waals surface area contributed by atoms with Crippen LogP contribution in [-0.2, 0) is 11.3 Å². The zero-order valence-corrected chi connectivity index (χ0v) is 11.8. The molecule has 1 aromatic heterocycles. The molecule has 2 N–H and O–H groups in total. The molecule has 1 aliphatic heterocycles. The van der Waals surface area contributed by atoms with E-state index in [9.17, 15) is 4.79 Å². The Morgan fingerprint density at radius 3 is 3.05 bits per heavy atom. The molecule has 0 spiro atoms. The quantitative estimate of drug-likeness (QED) is 0.903. The second-order valence-corrected chi connectivity index (χ2v) is 5.01. The molecule has 21 heavy (non-hydrogen) atoms. The number of fused-ring (bicyclic) bond motifs is 1. The molecular weight excluding hydrogens is 266 g/mol. The number of benzene rings is 1. The fourth-order valence-corrected chi connectivity index (χ4v) is 2.17. The largest absolute Gasteiger partial charge is 0.477 e. The number of aromatic nitrogens is 1. The van der Waals surface area contributed by atoms with Crippen molar-refractivity contribution < 1.29 is 9.53 Å². The first-order chi connectivity index (χ1) is 10.2. The van der Waals surface area contributed by atoms with Gasteiger partial charge in [-0.1, -0.05) is 18.2 Å². The lowest BCUT2D eigenvalue weighted by molar-refractivity contribution is -0.127. The van der Waals surface area contributed by atoms with Crippen molar-refractivity contribution in [2.75, 3.05) is 11.9 Å². The van der Waals surface area contributed by atoms with Gasteiger partial charge >= 0.3 is 0 Å². The van der Waals surface area contributed by atoms with E-state index in [0.717, 1.165) is 16.9 Å². The van der Waals surface area contributed by atoms with Crippen LogP contribution in [0.3, 0.4) is 0 Å². The Kier molecular flexibility index (Phi) is 3.73. The minimum Gasteiger partial charge on any atom is -0.477 e. The molecule has 1 amide bonds. The van der Waals surface area contributed by atoms with Gasteiger partial charge in [0, 0.05) is 18.4 Å². The summed E-state index contributed by atoms with van der Waals surface area (Å²) >= 11 is 0. The molecule has 0 fully saturated rings. The molecule has 0 bridgehead atoms. The average Bonchev–Trinajstić information content (AvgIpc) is 2.53. The van der Waals surface area contributed by atoms with Crippen molar-refractivity contribution in [2.24, 2.45) is 0 Å². The minimum absolute atomic E-state index is 0.127. The second-order valence-electron chi connectivity index (χ2n) is 5.01. The van der Waals surface area contributed by atoms with Crippen LogP contribution in [0.4, 0.5) is 5.69 Å². The molecule has 5 nitrogen and oxygen atoms in total. The van der Waals surface area contributed by atoms with Gasteiger partial charge in [-0.3, -0.25) is 9.78 Å². The van der Waals surface area contributed by atoms with Gasteiger partial charge in [-0.2, -0.15) is 0 Å². The van der Waals surface area contributed by atoms with Crippen molar-refractivity contribution in [2.45, 2.75) is 19.6 Å². The van der Waals surface area contributed by atoms with E-state index in [2.05, 4.69) is 15.6 Å². The highest BCUT2D eigenvalue weighted by Crippen LogP contribution is 2.28. The number of hydrogen-bond acceptors (Lipinski definition) is 4. The molecule has 1 aliphatic rings. The fourth-order valence-electron chi connectivity index (χ4n) is 2.17. The summed E-state index contributed by atoms with van der Waals surface area (Å²) in [5, 5.41) is 6.08. The van der Waals surface area contributed by atoms with Crippen LogP contribution in [0.2, 0.25) is 0 Å². The van der Waals surface area contributed by atoms with Crippen molar-refractivity contribution in [1.29, 1.82) is 0 Å². The van der Waals surface area contributed by atoms with Crippen LogP contribution in [-0.4, -0.2) is 23.5 Å². The Labute approximate surface area is 123 Å². The maximum atomic E-state index is 12.2. The van der Waals surface area contributed by atoms with Crippen LogP contribution in [0.25, 0.3) is 0 Å². The number of amides is 1. The van der Waals surface area contributed by atoms with E-state index < -0.39 is 6.10 Å². The Morgan fingerprint density at radius 1 is 1.38 bits per heavy atom. The third-order valence-corrected chi connectivity index (χ3v) is 3.37. The molecule has 3 rings (SSSR count). The van der Waals surface area contributed by atoms with E-state index in [1.54, 1.807) is 6.20 Å². The molecule has 108 valence electrons. The number of carbonyl (C=O) groups is 1. The summed E-state index contributed by atoms with van der Waals surface area (Å²) in [6, 6.07) is 11.5. The first-order valence-electron chi connectivity index (χ1n) is 6.91. The number of nitrogens with zero attached hydrogens (tertiary/aromatic N) is 1. The number of hydrogen-bond donors (Lipinski definition) is 2. The van der Waals surface area contributed by atoms with Gasteiger partial charge in [0.05, 0.1) is 12.2 Å². The molecule has 0 radical (unpaired) electrons. The van der Waals surface area contributed by atoms with Crippen molar-refractivity contribution in [3.05, 3.63) is 53.9 Å². The minimum atomic E-state index is -0.515. The summed E-state index contributed by atoms with van der Waals surface area (Å²) in [6.45, 7) is 2.85. The second kappa shape index (κ2) is 5.83. The van der Waals surface area contributed by atoms with Crippen LogP contribution < -0.4 is 15.4 Å². The lowest BCUT2D eigenvalue weighted by Crippen LogP contribution is -2.44. The smallest absolute Gasteiger partial charge is 0.263 e. The van der Waals surface area contributed by atoms with E-state index in [-0.39, 0.29) is 5.91 Å². The number of aryl methyl sites for hydroxylation is 1. The first-order valence-corrected chi connectivity index (χ1v) is 6.91. The number of carbonyl (C=O) groups excluding carboxylic acids is 1. The van der Waals surface area contributed by atoms with Crippen molar-refractivity contribution >= 4 is 11.6 Å². The van der Waals surface area contributed by atoms with E-state index in [1.807, 2.05) is 43.3 Å². The summed E-state index contributed by atoms with van der Waals surface area (Å²) in [6.07, 6.45) is 1.25. The molecule has 0 saturated carbocycles. The number of nitrogens with one attached hydrogen (secondary N) is 2. The van der Waals surface area contributed by atoms with Crippen LogP contribution in [0.5, 0.6) is 5.75 Å². The number of para-hydroxylation sites is 2. The monoisotopic (exact) mass is 283 g/mol. The van der Waals surface area contributed by atoms with Gasteiger partial charge in [-0.15, -0.1) is 0 Å². The van der Waals surface area contributed by atoms with Gasteiger partial charge in [0.2, 0.25) is 0 Å². The molecule has 0 saturated heterocycles. The predicted octanol–water partition coefficient (Wildman–Crippen LogP) is 1.88. The molecule has 5 heteroatoms. The van der Waals surface area contributed by atoms with Crippen LogP contribution >= 0.6 is 0 Å². The Balaban J connectivity index is 1.58. The van der Waals surface area contributed by atoms with E-state index in [4.69, 9.17) is 4.74 Å². The summed E-state index contributed by atoms with van der Waals surface area (Å²) in [4.78, 5) is 16.4. The van der Waals surface area contributed by atoms with Gasteiger partial charge in [0.25, 0.3) is 5.91 Å². The molecule has 0 aliphatic carbocycles. The topological polar surface area (TPSA) is 63.2 Å². The molecule has 2 heterocycles. The summed E-state index contributed by atoms with van der Waals surface area (Å²) in [5.41, 5.74) is 2.85. The number of anilines is 1. The van der Waals surface area contributed by atoms with Crippen LogP contribution in [0.1, 0.15) is 11.3 Å². The van der Waals surface area contributed by atoms with Gasteiger partial charge in [0.15, 0.2) is 6.10 Å². The number of pyridine rings is 1. The van der Waals surface area contributed by atoms with E-state index >= 15 is 0 Å². The standard InChI is InChI=1S/C16H17N3O2/c1-11-6-7-12(8-17-11)9-19-16(20)15-10-18-13-4-2-3-5-14(13)21-15/h2-8,15,18H,9-10H2,1H3,(H,19,20). The summed E-state index contributed by atoms with van der Waals surface area (Å²) < 4.78 is 5.71. The highest BCUT2D eigenvalue weighted by molar-refractivity contribution is 5.83. The van der Waals surface area contributed by atoms with Crippen molar-refractivity contribution in [3.8, 4) is 5.75 Å². The highest BCUT2D eigenvalue weighted by atomic mass is 16.5. The van der Waals surface area contributed by atoms with Crippen LogP contribution in [0.15, 0.2) is 42.6 Å². The zero-order chi connectivity index (χ0) is 14.7.